The van der Waals surface area contributed by atoms with E-state index >= 15 is 0 Å². The normalized spacial score (nSPS) is 12.4. The van der Waals surface area contributed by atoms with E-state index in [2.05, 4.69) is 0 Å². The van der Waals surface area contributed by atoms with E-state index in [4.69, 9.17) is 26.2 Å². The van der Waals surface area contributed by atoms with E-state index in [1.54, 1.807) is 23.9 Å². The number of carbonyl (C=O) groups is 1. The van der Waals surface area contributed by atoms with E-state index in [-0.39, 0.29) is 17.4 Å². The number of rotatable bonds is 4. The average Bonchev–Trinajstić information content (AvgIpc) is 2.93. The summed E-state index contributed by atoms with van der Waals surface area (Å²) in [5.41, 5.74) is 1.20. The molecule has 21 heavy (non-hydrogen) atoms. The topological polar surface area (TPSA) is 55.8 Å². The lowest BCUT2D eigenvalue weighted by Gasteiger charge is -2.05. The van der Waals surface area contributed by atoms with Gasteiger partial charge in [-0.15, -0.1) is 11.8 Å². The first-order valence-electron chi connectivity index (χ1n) is 6.17. The molecule has 0 unspecified atom stereocenters. The monoisotopic (exact) mass is 322 g/mol. The summed E-state index contributed by atoms with van der Waals surface area (Å²) in [5, 5.41) is 9.30. The van der Waals surface area contributed by atoms with Crippen LogP contribution in [0.1, 0.15) is 15.9 Å². The molecular weight excluding hydrogens is 312 g/mol. The third-order valence-corrected chi connectivity index (χ3v) is 4.41. The van der Waals surface area contributed by atoms with Crippen LogP contribution in [0.2, 0.25) is 5.02 Å². The van der Waals surface area contributed by atoms with Crippen molar-refractivity contribution in [1.29, 1.82) is 0 Å². The van der Waals surface area contributed by atoms with Crippen LogP contribution in [0.5, 0.6) is 11.5 Å². The highest BCUT2D eigenvalue weighted by Crippen LogP contribution is 2.34. The first-order valence-corrected chi connectivity index (χ1v) is 7.54. The summed E-state index contributed by atoms with van der Waals surface area (Å²) >= 11 is 7.39. The van der Waals surface area contributed by atoms with Gasteiger partial charge in [0.15, 0.2) is 11.5 Å². The summed E-state index contributed by atoms with van der Waals surface area (Å²) in [6, 6.07) is 10.8. The van der Waals surface area contributed by atoms with Crippen LogP contribution < -0.4 is 9.47 Å². The number of ether oxygens (including phenoxy) is 2. The Kier molecular flexibility index (Phi) is 3.94. The van der Waals surface area contributed by atoms with Crippen molar-refractivity contribution in [3.63, 3.8) is 0 Å². The molecule has 1 heterocycles. The first-order chi connectivity index (χ1) is 10.1. The highest BCUT2D eigenvalue weighted by molar-refractivity contribution is 7.98. The minimum Gasteiger partial charge on any atom is -0.478 e. The molecule has 0 bridgehead atoms. The van der Waals surface area contributed by atoms with Crippen LogP contribution in [-0.4, -0.2) is 17.9 Å². The molecule has 0 atom stereocenters. The number of carboxylic acids is 1. The van der Waals surface area contributed by atoms with E-state index in [1.807, 2.05) is 24.3 Å². The summed E-state index contributed by atoms with van der Waals surface area (Å²) in [5.74, 6) is 1.18. The van der Waals surface area contributed by atoms with Crippen molar-refractivity contribution in [3.05, 3.63) is 52.5 Å². The summed E-state index contributed by atoms with van der Waals surface area (Å²) in [6.45, 7) is 0.255. The van der Waals surface area contributed by atoms with Crippen molar-refractivity contribution in [1.82, 2.24) is 0 Å². The molecular formula is C15H11ClO4S. The molecule has 2 aromatic carbocycles. The summed E-state index contributed by atoms with van der Waals surface area (Å²) in [7, 11) is 0. The maximum absolute atomic E-state index is 11.1. The molecule has 108 valence electrons. The molecule has 2 aromatic rings. The molecule has 1 aliphatic heterocycles. The molecule has 0 fully saturated rings. The van der Waals surface area contributed by atoms with Gasteiger partial charge >= 0.3 is 5.97 Å². The maximum Gasteiger partial charge on any atom is 0.337 e. The summed E-state index contributed by atoms with van der Waals surface area (Å²) in [4.78, 5) is 11.9. The lowest BCUT2D eigenvalue weighted by molar-refractivity contribution is 0.0697. The fourth-order valence-corrected chi connectivity index (χ4v) is 3.03. The Balaban J connectivity index is 1.73. The fourth-order valence-electron chi connectivity index (χ4n) is 1.96. The predicted octanol–water partition coefficient (Wildman–Crippen LogP) is 4.06. The van der Waals surface area contributed by atoms with Crippen LogP contribution in [0.4, 0.5) is 0 Å². The van der Waals surface area contributed by atoms with Crippen molar-refractivity contribution in [2.24, 2.45) is 0 Å². The second-order valence-corrected chi connectivity index (χ2v) is 5.88. The maximum atomic E-state index is 11.1. The Hall–Kier alpha value is -1.85. The highest BCUT2D eigenvalue weighted by atomic mass is 35.5. The second kappa shape index (κ2) is 5.87. The standard InChI is InChI=1S/C15H11ClO4S/c16-12-3-2-10(6-11(12)15(17)18)21-7-9-1-4-13-14(5-9)20-8-19-13/h1-6H,7-8H2,(H,17,18). The predicted molar refractivity (Wildman–Crippen MR) is 80.5 cm³/mol. The van der Waals surface area contributed by atoms with Gasteiger partial charge in [-0.3, -0.25) is 0 Å². The van der Waals surface area contributed by atoms with Gasteiger partial charge in [-0.05, 0) is 35.9 Å². The molecule has 0 saturated carbocycles. The average molecular weight is 323 g/mol. The van der Waals surface area contributed by atoms with E-state index in [0.717, 1.165) is 22.0 Å². The van der Waals surface area contributed by atoms with Gasteiger partial charge in [-0.1, -0.05) is 17.7 Å². The molecule has 1 N–H and O–H groups in total. The molecule has 3 rings (SSSR count). The van der Waals surface area contributed by atoms with E-state index in [9.17, 15) is 4.79 Å². The number of benzene rings is 2. The molecule has 4 nitrogen and oxygen atoms in total. The smallest absolute Gasteiger partial charge is 0.337 e. The Labute approximate surface area is 130 Å². The molecule has 0 radical (unpaired) electrons. The third kappa shape index (κ3) is 3.09. The number of thioether (sulfide) groups is 1. The molecule has 1 aliphatic rings. The van der Waals surface area contributed by atoms with E-state index < -0.39 is 5.97 Å². The SMILES string of the molecule is O=C(O)c1cc(SCc2ccc3c(c2)OCO3)ccc1Cl. The van der Waals surface area contributed by atoms with Crippen LogP contribution in [0.15, 0.2) is 41.3 Å². The number of carboxylic acid groups (broad SMARTS) is 1. The Morgan fingerprint density at radius 2 is 2.00 bits per heavy atom. The number of hydrogen-bond donors (Lipinski definition) is 1. The lowest BCUT2D eigenvalue weighted by atomic mass is 10.2. The Bertz CT molecular complexity index is 702. The van der Waals surface area contributed by atoms with E-state index in [1.165, 1.54) is 0 Å². The van der Waals surface area contributed by atoms with Gasteiger partial charge in [-0.2, -0.15) is 0 Å². The van der Waals surface area contributed by atoms with Crippen molar-refractivity contribution in [3.8, 4) is 11.5 Å². The molecule has 0 saturated heterocycles. The van der Waals surface area contributed by atoms with Crippen LogP contribution in [-0.2, 0) is 5.75 Å². The number of halogens is 1. The van der Waals surface area contributed by atoms with Gasteiger partial charge in [0, 0.05) is 10.6 Å². The van der Waals surface area contributed by atoms with Crippen molar-refractivity contribution >= 4 is 29.3 Å². The minimum absolute atomic E-state index is 0.118. The quantitative estimate of drug-likeness (QED) is 0.860. The van der Waals surface area contributed by atoms with Gasteiger partial charge in [0.2, 0.25) is 6.79 Å². The largest absolute Gasteiger partial charge is 0.478 e. The van der Waals surface area contributed by atoms with Gasteiger partial charge in [0.1, 0.15) is 0 Å². The Morgan fingerprint density at radius 3 is 2.81 bits per heavy atom. The number of hydrogen-bond acceptors (Lipinski definition) is 4. The minimum atomic E-state index is -1.02. The third-order valence-electron chi connectivity index (χ3n) is 3.01. The lowest BCUT2D eigenvalue weighted by Crippen LogP contribution is -1.97. The summed E-state index contributed by atoms with van der Waals surface area (Å²) in [6.07, 6.45) is 0. The van der Waals surface area contributed by atoms with Crippen LogP contribution in [0.3, 0.4) is 0 Å². The van der Waals surface area contributed by atoms with Crippen molar-refractivity contribution < 1.29 is 19.4 Å². The molecule has 0 spiro atoms. The zero-order chi connectivity index (χ0) is 14.8. The molecule has 0 amide bonds. The second-order valence-electron chi connectivity index (χ2n) is 4.42. The van der Waals surface area contributed by atoms with Crippen molar-refractivity contribution in [2.75, 3.05) is 6.79 Å². The van der Waals surface area contributed by atoms with Crippen LogP contribution in [0, 0.1) is 0 Å². The summed E-state index contributed by atoms with van der Waals surface area (Å²) < 4.78 is 10.6. The van der Waals surface area contributed by atoms with Crippen molar-refractivity contribution in [2.45, 2.75) is 10.6 Å². The first kappa shape index (κ1) is 14.1. The van der Waals surface area contributed by atoms with Gasteiger partial charge in [-0.25, -0.2) is 4.79 Å². The molecule has 0 aliphatic carbocycles. The zero-order valence-corrected chi connectivity index (χ0v) is 12.4. The van der Waals surface area contributed by atoms with E-state index in [0.29, 0.717) is 5.75 Å². The van der Waals surface area contributed by atoms with Gasteiger partial charge < -0.3 is 14.6 Å². The fraction of sp³-hybridized carbons (Fsp3) is 0.133. The number of aromatic carboxylic acids is 1. The van der Waals surface area contributed by atoms with Crippen LogP contribution >= 0.6 is 23.4 Å². The van der Waals surface area contributed by atoms with Crippen LogP contribution in [0.25, 0.3) is 0 Å². The number of fused-ring (bicyclic) bond motifs is 1. The molecule has 6 heteroatoms. The van der Waals surface area contributed by atoms with Gasteiger partial charge in [0.05, 0.1) is 10.6 Å². The highest BCUT2D eigenvalue weighted by Gasteiger charge is 2.14. The Morgan fingerprint density at radius 1 is 1.19 bits per heavy atom. The zero-order valence-electron chi connectivity index (χ0n) is 10.8. The molecule has 0 aromatic heterocycles. The van der Waals surface area contributed by atoms with Gasteiger partial charge in [0.25, 0.3) is 0 Å².